The molecule has 0 unspecified atom stereocenters. The number of fused-ring (bicyclic) bond motifs is 1. The molecule has 0 aliphatic heterocycles. The van der Waals surface area contributed by atoms with Gasteiger partial charge in [0.15, 0.2) is 0 Å². The molecule has 0 radical (unpaired) electrons. The molecule has 0 atom stereocenters. The minimum atomic E-state index is -0.334. The third-order valence-electron chi connectivity index (χ3n) is 4.04. The minimum Gasteiger partial charge on any atom is -0.322 e. The van der Waals surface area contributed by atoms with Crippen molar-refractivity contribution in [3.8, 4) is 0 Å². The van der Waals surface area contributed by atoms with Crippen LogP contribution < -0.4 is 5.32 Å². The Morgan fingerprint density at radius 3 is 2.50 bits per heavy atom. The lowest BCUT2D eigenvalue weighted by molar-refractivity contribution is 0.102. The third-order valence-corrected chi connectivity index (χ3v) is 5.08. The molecule has 26 heavy (non-hydrogen) atoms. The number of hydrogen-bond acceptors (Lipinski definition) is 3. The maximum atomic E-state index is 13.0. The number of aromatic nitrogens is 1. The zero-order valence-corrected chi connectivity index (χ0v) is 14.6. The summed E-state index contributed by atoms with van der Waals surface area (Å²) in [6.45, 7) is 0. The van der Waals surface area contributed by atoms with Crippen LogP contribution in [0.4, 0.5) is 10.1 Å². The second-order valence-corrected chi connectivity index (χ2v) is 6.99. The first kappa shape index (κ1) is 16.4. The molecule has 128 valence electrons. The van der Waals surface area contributed by atoms with E-state index in [2.05, 4.69) is 10.3 Å². The number of anilines is 1. The van der Waals surface area contributed by atoms with Gasteiger partial charge < -0.3 is 5.32 Å². The number of benzene rings is 3. The van der Waals surface area contributed by atoms with Crippen molar-refractivity contribution in [2.75, 3.05) is 5.32 Å². The first-order chi connectivity index (χ1) is 12.7. The highest BCUT2D eigenvalue weighted by Crippen LogP contribution is 2.25. The van der Waals surface area contributed by atoms with Gasteiger partial charge >= 0.3 is 0 Å². The number of thiazole rings is 1. The highest BCUT2D eigenvalue weighted by atomic mass is 32.1. The molecule has 3 aromatic carbocycles. The van der Waals surface area contributed by atoms with Gasteiger partial charge in [-0.05, 0) is 48.0 Å². The Morgan fingerprint density at radius 1 is 0.962 bits per heavy atom. The second kappa shape index (κ2) is 7.06. The molecule has 1 amide bonds. The van der Waals surface area contributed by atoms with Crippen molar-refractivity contribution < 1.29 is 9.18 Å². The summed E-state index contributed by atoms with van der Waals surface area (Å²) in [7, 11) is 0. The van der Waals surface area contributed by atoms with Crippen LogP contribution in [0, 0.1) is 5.82 Å². The van der Waals surface area contributed by atoms with Crippen molar-refractivity contribution in [3.63, 3.8) is 0 Å². The van der Waals surface area contributed by atoms with E-state index >= 15 is 0 Å². The number of carbonyl (C=O) groups is 1. The minimum absolute atomic E-state index is 0.215. The van der Waals surface area contributed by atoms with Gasteiger partial charge in [-0.1, -0.05) is 30.3 Å². The first-order valence-corrected chi connectivity index (χ1v) is 9.00. The Hall–Kier alpha value is -3.05. The van der Waals surface area contributed by atoms with Gasteiger partial charge in [0.05, 0.1) is 15.2 Å². The predicted octanol–water partition coefficient (Wildman–Crippen LogP) is 5.28. The molecule has 1 aromatic heterocycles. The fourth-order valence-electron chi connectivity index (χ4n) is 2.79. The summed E-state index contributed by atoms with van der Waals surface area (Å²) >= 11 is 1.63. The fraction of sp³-hybridized carbons (Fsp3) is 0.0476. The number of hydrogen-bond donors (Lipinski definition) is 1. The van der Waals surface area contributed by atoms with Gasteiger partial charge in [-0.25, -0.2) is 9.37 Å². The standard InChI is InChI=1S/C21H15FN2OS/c22-15-9-11-16(12-10-15)23-21(25)17-6-2-1-5-14(17)13-20-24-18-7-3-4-8-19(18)26-20/h1-12H,13H2,(H,23,25). The number of amides is 1. The van der Waals surface area contributed by atoms with Crippen molar-refractivity contribution >= 4 is 33.1 Å². The lowest BCUT2D eigenvalue weighted by Crippen LogP contribution is -2.14. The summed E-state index contributed by atoms with van der Waals surface area (Å²) < 4.78 is 14.2. The average molecular weight is 362 g/mol. The SMILES string of the molecule is O=C(Nc1ccc(F)cc1)c1ccccc1Cc1nc2ccccc2s1. The lowest BCUT2D eigenvalue weighted by atomic mass is 10.0. The largest absolute Gasteiger partial charge is 0.322 e. The molecule has 0 fully saturated rings. The number of rotatable bonds is 4. The summed E-state index contributed by atoms with van der Waals surface area (Å²) in [4.78, 5) is 17.3. The van der Waals surface area contributed by atoms with E-state index in [0.29, 0.717) is 17.7 Å². The molecule has 0 saturated heterocycles. The highest BCUT2D eigenvalue weighted by molar-refractivity contribution is 7.18. The zero-order valence-electron chi connectivity index (χ0n) is 13.8. The van der Waals surface area contributed by atoms with Crippen LogP contribution >= 0.6 is 11.3 Å². The molecule has 0 saturated carbocycles. The van der Waals surface area contributed by atoms with Crippen LogP contribution in [0.3, 0.4) is 0 Å². The normalized spacial score (nSPS) is 10.8. The van der Waals surface area contributed by atoms with Crippen molar-refractivity contribution in [2.24, 2.45) is 0 Å². The number of carbonyl (C=O) groups excluding carboxylic acids is 1. The monoisotopic (exact) mass is 362 g/mol. The van der Waals surface area contributed by atoms with E-state index in [0.717, 1.165) is 20.8 Å². The quantitative estimate of drug-likeness (QED) is 0.537. The van der Waals surface area contributed by atoms with Crippen LogP contribution in [0.15, 0.2) is 72.8 Å². The van der Waals surface area contributed by atoms with Crippen LogP contribution in [0.1, 0.15) is 20.9 Å². The molecule has 4 aromatic rings. The van der Waals surface area contributed by atoms with E-state index in [9.17, 15) is 9.18 Å². The summed E-state index contributed by atoms with van der Waals surface area (Å²) in [6.07, 6.45) is 0.590. The van der Waals surface area contributed by atoms with E-state index < -0.39 is 0 Å². The molecular formula is C21H15FN2OS. The maximum Gasteiger partial charge on any atom is 0.255 e. The van der Waals surface area contributed by atoms with Crippen molar-refractivity contribution in [3.05, 3.63) is 94.7 Å². The Morgan fingerprint density at radius 2 is 1.69 bits per heavy atom. The van der Waals surface area contributed by atoms with Gasteiger partial charge in [-0.3, -0.25) is 4.79 Å². The van der Waals surface area contributed by atoms with E-state index in [4.69, 9.17) is 0 Å². The molecule has 0 aliphatic carbocycles. The number of nitrogens with zero attached hydrogens (tertiary/aromatic N) is 1. The van der Waals surface area contributed by atoms with Gasteiger partial charge in [0.2, 0.25) is 0 Å². The zero-order chi connectivity index (χ0) is 17.9. The van der Waals surface area contributed by atoms with Gasteiger partial charge in [0.1, 0.15) is 5.82 Å². The van der Waals surface area contributed by atoms with E-state index in [1.165, 1.54) is 12.1 Å². The van der Waals surface area contributed by atoms with E-state index in [-0.39, 0.29) is 11.7 Å². The second-order valence-electron chi connectivity index (χ2n) is 5.87. The van der Waals surface area contributed by atoms with Crippen LogP contribution in [-0.2, 0) is 6.42 Å². The van der Waals surface area contributed by atoms with Crippen molar-refractivity contribution in [2.45, 2.75) is 6.42 Å². The number of para-hydroxylation sites is 1. The summed E-state index contributed by atoms with van der Waals surface area (Å²) in [5.41, 5.74) is 3.04. The molecule has 0 spiro atoms. The molecule has 3 nitrogen and oxygen atoms in total. The Balaban J connectivity index is 1.59. The molecule has 4 rings (SSSR count). The molecule has 1 heterocycles. The number of halogens is 1. The summed E-state index contributed by atoms with van der Waals surface area (Å²) in [5.74, 6) is -0.549. The van der Waals surface area contributed by atoms with Gasteiger partial charge in [-0.15, -0.1) is 11.3 Å². The molecular weight excluding hydrogens is 347 g/mol. The van der Waals surface area contributed by atoms with Crippen molar-refractivity contribution in [1.29, 1.82) is 0 Å². The third kappa shape index (κ3) is 3.48. The number of nitrogens with one attached hydrogen (secondary N) is 1. The first-order valence-electron chi connectivity index (χ1n) is 8.18. The van der Waals surface area contributed by atoms with Gasteiger partial charge in [0, 0.05) is 17.7 Å². The van der Waals surface area contributed by atoms with Gasteiger partial charge in [0.25, 0.3) is 5.91 Å². The van der Waals surface area contributed by atoms with Crippen LogP contribution in [0.2, 0.25) is 0 Å². The summed E-state index contributed by atoms with van der Waals surface area (Å²) in [6, 6.07) is 21.2. The van der Waals surface area contributed by atoms with Crippen LogP contribution in [0.5, 0.6) is 0 Å². The van der Waals surface area contributed by atoms with E-state index in [1.54, 1.807) is 29.5 Å². The summed E-state index contributed by atoms with van der Waals surface area (Å²) in [5, 5.41) is 3.78. The molecule has 0 aliphatic rings. The molecule has 0 bridgehead atoms. The fourth-order valence-corrected chi connectivity index (χ4v) is 3.78. The van der Waals surface area contributed by atoms with E-state index in [1.807, 2.05) is 42.5 Å². The van der Waals surface area contributed by atoms with Crippen molar-refractivity contribution in [1.82, 2.24) is 4.98 Å². The predicted molar refractivity (Wildman–Crippen MR) is 103 cm³/mol. The topological polar surface area (TPSA) is 42.0 Å². The Kier molecular flexibility index (Phi) is 4.46. The van der Waals surface area contributed by atoms with Crippen LogP contribution in [0.25, 0.3) is 10.2 Å². The smallest absolute Gasteiger partial charge is 0.255 e. The molecule has 5 heteroatoms. The maximum absolute atomic E-state index is 13.0. The molecule has 1 N–H and O–H groups in total. The highest BCUT2D eigenvalue weighted by Gasteiger charge is 2.13. The lowest BCUT2D eigenvalue weighted by Gasteiger charge is -2.09. The Labute approximate surface area is 154 Å². The average Bonchev–Trinajstić information content (AvgIpc) is 3.06. The van der Waals surface area contributed by atoms with Crippen LogP contribution in [-0.4, -0.2) is 10.9 Å². The van der Waals surface area contributed by atoms with Gasteiger partial charge in [-0.2, -0.15) is 0 Å². The Bertz CT molecular complexity index is 1040.